The summed E-state index contributed by atoms with van der Waals surface area (Å²) < 4.78 is 0. The van der Waals surface area contributed by atoms with Crippen molar-refractivity contribution in [2.45, 2.75) is 6.42 Å². The fourth-order valence-corrected chi connectivity index (χ4v) is 0.468. The van der Waals surface area contributed by atoms with Gasteiger partial charge < -0.3 is 16.1 Å². The van der Waals surface area contributed by atoms with Gasteiger partial charge in [-0.2, -0.15) is 5.01 Å². The van der Waals surface area contributed by atoms with Crippen molar-refractivity contribution in [3.63, 3.8) is 0 Å². The van der Waals surface area contributed by atoms with Crippen LogP contribution in [0.15, 0.2) is 5.28 Å². The molecule has 0 aliphatic rings. The van der Waals surface area contributed by atoms with Gasteiger partial charge in [-0.1, -0.05) is 0 Å². The third-order valence-corrected chi connectivity index (χ3v) is 1.05. The van der Waals surface area contributed by atoms with Gasteiger partial charge in [0.05, 0.1) is 13.6 Å². The Morgan fingerprint density at radius 2 is 2.30 bits per heavy atom. The molecule has 0 aromatic heterocycles. The molecule has 0 heterocycles. The maximum atomic E-state index is 10.3. The average Bonchev–Trinajstić information content (AvgIpc) is 1.98. The zero-order valence-corrected chi connectivity index (χ0v) is 5.86. The maximum absolute atomic E-state index is 10.3. The first kappa shape index (κ1) is 8.96. The van der Waals surface area contributed by atoms with Gasteiger partial charge in [0, 0.05) is 4.97 Å². The summed E-state index contributed by atoms with van der Waals surface area (Å²) in [7, 11) is 1.48. The molecule has 0 unspecified atom stereocenters. The molecule has 0 saturated heterocycles. The van der Waals surface area contributed by atoms with Crippen LogP contribution < -0.4 is 5.73 Å². The molecule has 60 valence electrons. The number of nitrogens with two attached hydrogens (primary N) is 1. The summed E-state index contributed by atoms with van der Waals surface area (Å²) >= 11 is 0. The van der Waals surface area contributed by atoms with Gasteiger partial charge in [0.15, 0.2) is 0 Å². The molecule has 6 heteroatoms. The first-order valence-electron chi connectivity index (χ1n) is 2.94. The second-order valence-corrected chi connectivity index (χ2v) is 1.86. The zero-order chi connectivity index (χ0) is 7.98. The van der Waals surface area contributed by atoms with E-state index in [4.69, 9.17) is 5.73 Å². The highest BCUT2D eigenvalue weighted by Gasteiger charge is 2.00. The van der Waals surface area contributed by atoms with E-state index < -0.39 is 0 Å². The number of hydrogen-bond acceptors (Lipinski definition) is 4. The Morgan fingerprint density at radius 3 is 2.70 bits per heavy atom. The smallest absolute Gasteiger partial charge is 0.0776 e. The average molecular weight is 147 g/mol. The van der Waals surface area contributed by atoms with Crippen molar-refractivity contribution in [2.75, 3.05) is 20.1 Å². The number of hydrazine groups is 1. The number of nitrogens with zero attached hydrogens (tertiary/aromatic N) is 3. The molecule has 6 nitrogen and oxygen atoms in total. The van der Waals surface area contributed by atoms with Crippen molar-refractivity contribution in [3.05, 3.63) is 10.4 Å². The van der Waals surface area contributed by atoms with E-state index in [0.717, 1.165) is 5.01 Å². The van der Waals surface area contributed by atoms with Crippen LogP contribution in [0.2, 0.25) is 0 Å². The van der Waals surface area contributed by atoms with Crippen LogP contribution in [0.1, 0.15) is 6.42 Å². The third kappa shape index (κ3) is 3.08. The molecule has 10 heavy (non-hydrogen) atoms. The summed E-state index contributed by atoms with van der Waals surface area (Å²) in [4.78, 5) is -0.00431. The molecular weight excluding hydrogens is 136 g/mol. The summed E-state index contributed by atoms with van der Waals surface area (Å²) in [5, 5.41) is 23.2. The fraction of sp³-hybridized carbons (Fsp3) is 1.00. The van der Waals surface area contributed by atoms with Gasteiger partial charge in [-0.3, -0.25) is 0 Å². The molecule has 0 rings (SSSR count). The highest BCUT2D eigenvalue weighted by atomic mass is 16.6. The van der Waals surface area contributed by atoms with Crippen LogP contribution in [0.3, 0.4) is 0 Å². The van der Waals surface area contributed by atoms with Gasteiger partial charge in [-0.25, -0.2) is 0 Å². The lowest BCUT2D eigenvalue weighted by molar-refractivity contribution is -0.684. The van der Waals surface area contributed by atoms with Crippen LogP contribution in [0.5, 0.6) is 0 Å². The lowest BCUT2D eigenvalue weighted by Crippen LogP contribution is -2.28. The van der Waals surface area contributed by atoms with E-state index in [2.05, 4.69) is 5.28 Å². The van der Waals surface area contributed by atoms with Crippen molar-refractivity contribution < 1.29 is 4.97 Å². The van der Waals surface area contributed by atoms with Crippen LogP contribution in [-0.2, 0) is 0 Å². The molecule has 2 N–H and O–H groups in total. The van der Waals surface area contributed by atoms with Crippen molar-refractivity contribution in [1.82, 2.24) is 5.01 Å². The molecule has 0 bridgehead atoms. The first-order chi connectivity index (χ1) is 4.72. The largest absolute Gasteiger partial charge is 0.737 e. The Bertz CT molecular complexity index is 116. The van der Waals surface area contributed by atoms with Gasteiger partial charge >= 0.3 is 0 Å². The van der Waals surface area contributed by atoms with Crippen LogP contribution in [-0.4, -0.2) is 30.1 Å². The molecule has 0 aromatic rings. The van der Waals surface area contributed by atoms with E-state index in [1.165, 1.54) is 7.05 Å². The number of rotatable bonds is 4. The fourth-order valence-electron chi connectivity index (χ4n) is 0.468. The minimum atomic E-state index is -0.00431. The normalized spacial score (nSPS) is 11.6. The predicted octanol–water partition coefficient (Wildman–Crippen LogP) is -0.358. The van der Waals surface area contributed by atoms with E-state index in [9.17, 15) is 10.4 Å². The lowest BCUT2D eigenvalue weighted by Gasteiger charge is -2.13. The van der Waals surface area contributed by atoms with Gasteiger partial charge in [-0.05, 0) is 18.2 Å². The highest BCUT2D eigenvalue weighted by Crippen LogP contribution is 1.86. The molecule has 0 aliphatic heterocycles. The van der Waals surface area contributed by atoms with Crippen molar-refractivity contribution >= 4 is 0 Å². The van der Waals surface area contributed by atoms with Crippen LogP contribution >= 0.6 is 0 Å². The summed E-state index contributed by atoms with van der Waals surface area (Å²) in [6, 6.07) is 0. The molecule has 0 atom stereocenters. The molecule has 0 amide bonds. The van der Waals surface area contributed by atoms with Gasteiger partial charge in [0.1, 0.15) is 0 Å². The Morgan fingerprint density at radius 1 is 1.70 bits per heavy atom. The number of hydrogen-bond donors (Lipinski definition) is 1. The molecule has 0 fully saturated rings. The Kier molecular flexibility index (Phi) is 4.30. The molecular formula is C4H11N4O2-. The molecule has 0 aromatic carbocycles. The second-order valence-electron chi connectivity index (χ2n) is 1.86. The van der Waals surface area contributed by atoms with Crippen molar-refractivity contribution in [1.29, 1.82) is 0 Å². The van der Waals surface area contributed by atoms with E-state index in [1.54, 1.807) is 0 Å². The molecule has 0 radical (unpaired) electrons. The minimum Gasteiger partial charge on any atom is -0.737 e. The Labute approximate surface area is 59.1 Å². The second kappa shape index (κ2) is 4.80. The van der Waals surface area contributed by atoms with Crippen LogP contribution in [0.4, 0.5) is 0 Å². The van der Waals surface area contributed by atoms with Crippen LogP contribution in [0.25, 0.3) is 0 Å². The first-order valence-corrected chi connectivity index (χ1v) is 2.94. The summed E-state index contributed by atoms with van der Waals surface area (Å²) in [6.45, 7) is 0.947. The SMILES string of the molecule is CN(CCCN)/[N+]([O-])=N\[O-]. The van der Waals surface area contributed by atoms with Crippen LogP contribution in [0, 0.1) is 10.4 Å². The van der Waals surface area contributed by atoms with Gasteiger partial charge in [-0.15, -0.1) is 0 Å². The standard InChI is InChI=1S/C4H12N4O2/c1-7(4-2-3-5)8(10)6-9/h9H,2-5H2,1H3/p-1/b8-6+. The topological polar surface area (TPSA) is 90.8 Å². The maximum Gasteiger partial charge on any atom is 0.0776 e. The molecule has 0 spiro atoms. The van der Waals surface area contributed by atoms with Gasteiger partial charge in [0.2, 0.25) is 0 Å². The summed E-state index contributed by atoms with van der Waals surface area (Å²) in [5.41, 5.74) is 5.16. The van der Waals surface area contributed by atoms with E-state index in [-0.39, 0.29) is 4.97 Å². The summed E-state index contributed by atoms with van der Waals surface area (Å²) in [6.07, 6.45) is 0.671. The van der Waals surface area contributed by atoms with Gasteiger partial charge in [0.25, 0.3) is 0 Å². The zero-order valence-electron chi connectivity index (χ0n) is 5.86. The Balaban J connectivity index is 3.51. The van der Waals surface area contributed by atoms with E-state index >= 15 is 0 Å². The monoisotopic (exact) mass is 147 g/mol. The third-order valence-electron chi connectivity index (χ3n) is 1.05. The quantitative estimate of drug-likeness (QED) is 0.334. The van der Waals surface area contributed by atoms with E-state index in [1.807, 2.05) is 0 Å². The Hall–Kier alpha value is -1.04. The molecule has 0 aliphatic carbocycles. The van der Waals surface area contributed by atoms with Crippen molar-refractivity contribution in [2.24, 2.45) is 11.0 Å². The predicted molar refractivity (Wildman–Crippen MR) is 35.7 cm³/mol. The van der Waals surface area contributed by atoms with E-state index in [0.29, 0.717) is 19.5 Å². The van der Waals surface area contributed by atoms with Crippen molar-refractivity contribution in [3.8, 4) is 0 Å². The highest BCUT2D eigenvalue weighted by molar-refractivity contribution is 4.39. The summed E-state index contributed by atoms with van der Waals surface area (Å²) in [5.74, 6) is 0. The molecule has 0 saturated carbocycles. The minimum absolute atomic E-state index is 0.00431. The lowest BCUT2D eigenvalue weighted by atomic mass is 10.4.